The van der Waals surface area contributed by atoms with Gasteiger partial charge in [0.2, 0.25) is 0 Å². The van der Waals surface area contributed by atoms with Gasteiger partial charge in [-0.2, -0.15) is 0 Å². The number of ether oxygens (including phenoxy) is 1. The van der Waals surface area contributed by atoms with Crippen molar-refractivity contribution in [1.29, 1.82) is 0 Å². The third kappa shape index (κ3) is 2.58. The number of nitrogens with one attached hydrogen (secondary N) is 1. The minimum absolute atomic E-state index is 0.335. The van der Waals surface area contributed by atoms with Crippen molar-refractivity contribution in [3.8, 4) is 22.4 Å². The zero-order chi connectivity index (χ0) is 14.7. The van der Waals surface area contributed by atoms with Crippen molar-refractivity contribution in [2.45, 2.75) is 0 Å². The van der Waals surface area contributed by atoms with Crippen LogP contribution in [-0.4, -0.2) is 18.1 Å². The molecule has 0 aliphatic rings. The predicted molar refractivity (Wildman–Crippen MR) is 83.0 cm³/mol. The Hall–Kier alpha value is -2.81. The van der Waals surface area contributed by atoms with Gasteiger partial charge in [0.15, 0.2) is 0 Å². The molecule has 3 nitrogen and oxygen atoms in total. The number of esters is 1. The molecule has 0 aliphatic heterocycles. The van der Waals surface area contributed by atoms with Crippen molar-refractivity contribution in [3.05, 3.63) is 72.4 Å². The summed E-state index contributed by atoms with van der Waals surface area (Å²) in [7, 11) is 1.39. The van der Waals surface area contributed by atoms with Gasteiger partial charge in [0.1, 0.15) is 0 Å². The zero-order valence-electron chi connectivity index (χ0n) is 11.7. The van der Waals surface area contributed by atoms with Gasteiger partial charge >= 0.3 is 5.97 Å². The number of methoxy groups -OCH3 is 1. The van der Waals surface area contributed by atoms with E-state index < -0.39 is 0 Å². The summed E-state index contributed by atoms with van der Waals surface area (Å²) in [6.45, 7) is 0. The molecule has 0 unspecified atom stereocenters. The summed E-state index contributed by atoms with van der Waals surface area (Å²) in [6.07, 6.45) is 1.74. The number of H-pyrrole nitrogens is 1. The molecule has 0 atom stereocenters. The van der Waals surface area contributed by atoms with E-state index in [1.165, 1.54) is 12.7 Å². The summed E-state index contributed by atoms with van der Waals surface area (Å²) in [5.41, 5.74) is 4.60. The zero-order valence-corrected chi connectivity index (χ0v) is 11.7. The van der Waals surface area contributed by atoms with E-state index in [1.54, 1.807) is 12.3 Å². The van der Waals surface area contributed by atoms with E-state index in [0.717, 1.165) is 16.8 Å². The maximum Gasteiger partial charge on any atom is 0.340 e. The summed E-state index contributed by atoms with van der Waals surface area (Å²) in [5.74, 6) is -0.335. The molecule has 104 valence electrons. The molecule has 21 heavy (non-hydrogen) atoms. The molecule has 0 aliphatic carbocycles. The minimum atomic E-state index is -0.335. The first-order chi connectivity index (χ1) is 10.3. The number of aromatic nitrogens is 1. The van der Waals surface area contributed by atoms with E-state index in [9.17, 15) is 4.79 Å². The minimum Gasteiger partial charge on any atom is -0.465 e. The Morgan fingerprint density at radius 1 is 0.857 bits per heavy atom. The second-order valence-electron chi connectivity index (χ2n) is 4.70. The molecule has 1 heterocycles. The van der Waals surface area contributed by atoms with Crippen LogP contribution in [0.3, 0.4) is 0 Å². The highest BCUT2D eigenvalue weighted by atomic mass is 16.5. The van der Waals surface area contributed by atoms with Gasteiger partial charge in [0, 0.05) is 6.20 Å². The second kappa shape index (κ2) is 5.67. The van der Waals surface area contributed by atoms with Crippen LogP contribution in [0.2, 0.25) is 0 Å². The summed E-state index contributed by atoms with van der Waals surface area (Å²) in [4.78, 5) is 14.8. The molecule has 1 N–H and O–H groups in total. The van der Waals surface area contributed by atoms with E-state index in [0.29, 0.717) is 5.56 Å². The standard InChI is InChI=1S/C18H15NO2/c1-21-18(20)16-11-12-19-17(16)15-9-7-14(8-10-15)13-5-3-2-4-6-13/h2-12,19H,1H3. The fourth-order valence-electron chi connectivity index (χ4n) is 2.35. The largest absolute Gasteiger partial charge is 0.465 e. The van der Waals surface area contributed by atoms with Gasteiger partial charge in [-0.15, -0.1) is 0 Å². The van der Waals surface area contributed by atoms with Crippen molar-refractivity contribution < 1.29 is 9.53 Å². The lowest BCUT2D eigenvalue weighted by atomic mass is 10.0. The number of carbonyl (C=O) groups is 1. The lowest BCUT2D eigenvalue weighted by Crippen LogP contribution is -2.01. The molecule has 3 heteroatoms. The number of hydrogen-bond acceptors (Lipinski definition) is 2. The van der Waals surface area contributed by atoms with Crippen LogP contribution in [0.4, 0.5) is 0 Å². The van der Waals surface area contributed by atoms with Crippen molar-refractivity contribution >= 4 is 5.97 Å². The second-order valence-corrected chi connectivity index (χ2v) is 4.70. The lowest BCUT2D eigenvalue weighted by Gasteiger charge is -2.05. The SMILES string of the molecule is COC(=O)c1cc[nH]c1-c1ccc(-c2ccccc2)cc1. The molecule has 0 spiro atoms. The third-order valence-corrected chi connectivity index (χ3v) is 3.43. The van der Waals surface area contributed by atoms with Crippen LogP contribution in [0.1, 0.15) is 10.4 Å². The topological polar surface area (TPSA) is 42.1 Å². The molecular formula is C18H15NO2. The highest BCUT2D eigenvalue weighted by molar-refractivity contribution is 5.96. The maximum absolute atomic E-state index is 11.7. The molecule has 0 saturated carbocycles. The molecule has 0 fully saturated rings. The fraction of sp³-hybridized carbons (Fsp3) is 0.0556. The van der Waals surface area contributed by atoms with Crippen LogP contribution in [0.25, 0.3) is 22.4 Å². The quantitative estimate of drug-likeness (QED) is 0.731. The molecule has 0 bridgehead atoms. The average molecular weight is 277 g/mol. The van der Waals surface area contributed by atoms with Crippen LogP contribution in [0.15, 0.2) is 66.9 Å². The van der Waals surface area contributed by atoms with Gasteiger partial charge in [0.25, 0.3) is 0 Å². The van der Waals surface area contributed by atoms with Gasteiger partial charge in [-0.1, -0.05) is 54.6 Å². The lowest BCUT2D eigenvalue weighted by molar-refractivity contribution is 0.0602. The van der Waals surface area contributed by atoms with Gasteiger partial charge in [-0.05, 0) is 22.8 Å². The number of benzene rings is 2. The van der Waals surface area contributed by atoms with Gasteiger partial charge in [0.05, 0.1) is 18.4 Å². The molecule has 3 rings (SSSR count). The van der Waals surface area contributed by atoms with Crippen LogP contribution < -0.4 is 0 Å². The van der Waals surface area contributed by atoms with E-state index in [1.807, 2.05) is 42.5 Å². The van der Waals surface area contributed by atoms with E-state index >= 15 is 0 Å². The molecule has 0 saturated heterocycles. The Bertz CT molecular complexity index is 742. The van der Waals surface area contributed by atoms with Crippen LogP contribution in [-0.2, 0) is 4.74 Å². The first kappa shape index (κ1) is 13.2. The van der Waals surface area contributed by atoms with E-state index in [2.05, 4.69) is 17.1 Å². The molecule has 0 radical (unpaired) electrons. The molecule has 1 aromatic heterocycles. The van der Waals surface area contributed by atoms with Crippen molar-refractivity contribution in [2.75, 3.05) is 7.11 Å². The van der Waals surface area contributed by atoms with Crippen molar-refractivity contribution in [3.63, 3.8) is 0 Å². The Kier molecular flexibility index (Phi) is 3.56. The number of hydrogen-bond donors (Lipinski definition) is 1. The van der Waals surface area contributed by atoms with Gasteiger partial charge < -0.3 is 9.72 Å². The smallest absolute Gasteiger partial charge is 0.340 e. The fourth-order valence-corrected chi connectivity index (χ4v) is 2.35. The van der Waals surface area contributed by atoms with E-state index in [-0.39, 0.29) is 5.97 Å². The Balaban J connectivity index is 1.95. The Morgan fingerprint density at radius 2 is 1.48 bits per heavy atom. The summed E-state index contributed by atoms with van der Waals surface area (Å²) < 4.78 is 4.79. The van der Waals surface area contributed by atoms with Crippen molar-refractivity contribution in [2.24, 2.45) is 0 Å². The summed E-state index contributed by atoms with van der Waals surface area (Å²) in [5, 5.41) is 0. The highest BCUT2D eigenvalue weighted by Gasteiger charge is 2.14. The normalized spacial score (nSPS) is 10.3. The van der Waals surface area contributed by atoms with Gasteiger partial charge in [-0.3, -0.25) is 0 Å². The van der Waals surface area contributed by atoms with E-state index in [4.69, 9.17) is 4.74 Å². The average Bonchev–Trinajstić information content (AvgIpc) is 3.05. The number of aromatic amines is 1. The summed E-state index contributed by atoms with van der Waals surface area (Å²) >= 11 is 0. The van der Waals surface area contributed by atoms with Crippen molar-refractivity contribution in [1.82, 2.24) is 4.98 Å². The van der Waals surface area contributed by atoms with Gasteiger partial charge in [-0.25, -0.2) is 4.79 Å². The highest BCUT2D eigenvalue weighted by Crippen LogP contribution is 2.26. The third-order valence-electron chi connectivity index (χ3n) is 3.43. The van der Waals surface area contributed by atoms with Crippen LogP contribution in [0.5, 0.6) is 0 Å². The molecule has 0 amide bonds. The number of carbonyl (C=O) groups excluding carboxylic acids is 1. The molecular weight excluding hydrogens is 262 g/mol. The Morgan fingerprint density at radius 3 is 2.14 bits per heavy atom. The first-order valence-corrected chi connectivity index (χ1v) is 6.71. The maximum atomic E-state index is 11.7. The number of rotatable bonds is 3. The molecule has 2 aromatic carbocycles. The predicted octanol–water partition coefficient (Wildman–Crippen LogP) is 4.14. The van der Waals surface area contributed by atoms with Crippen LogP contribution >= 0.6 is 0 Å². The van der Waals surface area contributed by atoms with Crippen LogP contribution in [0, 0.1) is 0 Å². The molecule has 3 aromatic rings. The Labute approximate surface area is 123 Å². The monoisotopic (exact) mass is 277 g/mol. The summed E-state index contributed by atoms with van der Waals surface area (Å²) in [6, 6.07) is 20.0. The first-order valence-electron chi connectivity index (χ1n) is 6.71.